The molecule has 1 N–H and O–H groups in total. The Kier molecular flexibility index (Phi) is 4.50. The normalized spacial score (nSPS) is 12.7. The molecule has 0 fully saturated rings. The van der Waals surface area contributed by atoms with Crippen molar-refractivity contribution in [3.8, 4) is 6.07 Å². The fourth-order valence-electron chi connectivity index (χ4n) is 1.43. The van der Waals surface area contributed by atoms with Gasteiger partial charge < -0.3 is 5.11 Å². The van der Waals surface area contributed by atoms with Crippen molar-refractivity contribution in [1.82, 2.24) is 0 Å². The molecule has 1 unspecified atom stereocenters. The number of carboxylic acid groups (broad SMARTS) is 1. The van der Waals surface area contributed by atoms with Crippen molar-refractivity contribution in [2.24, 2.45) is 0 Å². The van der Waals surface area contributed by atoms with Crippen molar-refractivity contribution < 1.29 is 22.7 Å². The zero-order valence-corrected chi connectivity index (χ0v) is 11.3. The Morgan fingerprint density at radius 1 is 1.58 bits per heavy atom. The molecule has 0 heterocycles. The van der Waals surface area contributed by atoms with E-state index >= 15 is 0 Å². The second kappa shape index (κ2) is 5.55. The number of benzene rings is 1. The third-order valence-corrected chi connectivity index (χ3v) is 4.91. The summed E-state index contributed by atoms with van der Waals surface area (Å²) in [5.74, 6) is -2.71. The number of nitrogens with zero attached hydrogens (tertiary/aromatic N) is 1. The maximum Gasteiger partial charge on any atom is 0.337 e. The second-order valence-corrected chi connectivity index (χ2v) is 6.15. The molecule has 5 nitrogen and oxygen atoms in total. The highest BCUT2D eigenvalue weighted by atomic mass is 35.5. The molecule has 0 bridgehead atoms. The third kappa shape index (κ3) is 2.85. The van der Waals surface area contributed by atoms with Gasteiger partial charge in [0.05, 0.1) is 21.6 Å². The van der Waals surface area contributed by atoms with Gasteiger partial charge in [0.1, 0.15) is 5.82 Å². The molecule has 1 rings (SSSR count). The lowest BCUT2D eigenvalue weighted by molar-refractivity contribution is 0.0696. The number of carbonyl (C=O) groups is 1. The summed E-state index contributed by atoms with van der Waals surface area (Å²) < 4.78 is 37.5. The predicted octanol–water partition coefficient (Wildman–Crippen LogP) is 2.25. The second-order valence-electron chi connectivity index (χ2n) is 3.64. The van der Waals surface area contributed by atoms with Crippen LogP contribution in [0.5, 0.6) is 0 Å². The predicted molar refractivity (Wildman–Crippen MR) is 65.2 cm³/mol. The van der Waals surface area contributed by atoms with Crippen LogP contribution in [-0.2, 0) is 9.84 Å². The summed E-state index contributed by atoms with van der Waals surface area (Å²) in [7, 11) is -4.12. The lowest BCUT2D eigenvalue weighted by atomic mass is 10.2. The lowest BCUT2D eigenvalue weighted by Gasteiger charge is -2.10. The van der Waals surface area contributed by atoms with Gasteiger partial charge in [0.15, 0.2) is 15.1 Å². The van der Waals surface area contributed by atoms with E-state index in [2.05, 4.69) is 0 Å². The van der Waals surface area contributed by atoms with Crippen LogP contribution in [0.15, 0.2) is 17.0 Å². The van der Waals surface area contributed by atoms with E-state index in [0.29, 0.717) is 6.07 Å². The van der Waals surface area contributed by atoms with Crippen molar-refractivity contribution >= 4 is 27.4 Å². The minimum Gasteiger partial charge on any atom is -0.478 e. The van der Waals surface area contributed by atoms with Gasteiger partial charge in [-0.2, -0.15) is 5.26 Å². The maximum atomic E-state index is 13.5. The van der Waals surface area contributed by atoms with E-state index in [4.69, 9.17) is 22.0 Å². The minimum atomic E-state index is -4.12. The van der Waals surface area contributed by atoms with Gasteiger partial charge in [-0.3, -0.25) is 0 Å². The average Bonchev–Trinajstić information content (AvgIpc) is 2.33. The van der Waals surface area contributed by atoms with Gasteiger partial charge in [-0.25, -0.2) is 17.6 Å². The van der Waals surface area contributed by atoms with Gasteiger partial charge in [-0.1, -0.05) is 18.5 Å². The van der Waals surface area contributed by atoms with Crippen molar-refractivity contribution in [2.45, 2.75) is 23.5 Å². The number of rotatable bonds is 4. The van der Waals surface area contributed by atoms with Crippen LogP contribution in [0.2, 0.25) is 5.02 Å². The average molecular weight is 306 g/mol. The SMILES string of the molecule is CCC(C#N)S(=O)(=O)c1cc(F)c(Cl)c(C(=O)O)c1. The summed E-state index contributed by atoms with van der Waals surface area (Å²) in [5, 5.41) is 15.5. The van der Waals surface area contributed by atoms with E-state index in [9.17, 15) is 17.6 Å². The van der Waals surface area contributed by atoms with Gasteiger partial charge in [0.2, 0.25) is 0 Å². The highest BCUT2D eigenvalue weighted by Gasteiger charge is 2.28. The molecule has 1 aromatic carbocycles. The Morgan fingerprint density at radius 2 is 2.16 bits per heavy atom. The first-order valence-electron chi connectivity index (χ1n) is 5.11. The first kappa shape index (κ1) is 15.4. The Morgan fingerprint density at radius 3 is 2.58 bits per heavy atom. The Hall–Kier alpha value is -1.65. The van der Waals surface area contributed by atoms with Crippen LogP contribution in [0.3, 0.4) is 0 Å². The van der Waals surface area contributed by atoms with E-state index in [1.807, 2.05) is 0 Å². The Bertz CT molecular complexity index is 666. The summed E-state index contributed by atoms with van der Waals surface area (Å²) in [4.78, 5) is 10.3. The van der Waals surface area contributed by atoms with Crippen molar-refractivity contribution in [1.29, 1.82) is 5.26 Å². The zero-order chi connectivity index (χ0) is 14.8. The maximum absolute atomic E-state index is 13.5. The van der Waals surface area contributed by atoms with Gasteiger partial charge in [-0.05, 0) is 18.6 Å². The molecule has 1 atom stereocenters. The monoisotopic (exact) mass is 305 g/mol. The summed E-state index contributed by atoms with van der Waals surface area (Å²) >= 11 is 5.44. The largest absolute Gasteiger partial charge is 0.478 e. The summed E-state index contributed by atoms with van der Waals surface area (Å²) in [6, 6.07) is 2.95. The highest BCUT2D eigenvalue weighted by molar-refractivity contribution is 7.92. The first-order chi connectivity index (χ1) is 8.75. The van der Waals surface area contributed by atoms with E-state index in [0.717, 1.165) is 6.07 Å². The number of nitriles is 1. The van der Waals surface area contributed by atoms with Crippen LogP contribution in [-0.4, -0.2) is 24.7 Å². The standard InChI is InChI=1S/C11H9ClFNO4S/c1-2-6(5-14)19(17,18)7-3-8(11(15)16)10(12)9(13)4-7/h3-4,6H,2H2,1H3,(H,15,16). The molecule has 8 heteroatoms. The fraction of sp³-hybridized carbons (Fsp3) is 0.273. The Labute approximate surface area is 114 Å². The summed E-state index contributed by atoms with van der Waals surface area (Å²) in [6.45, 7) is 1.48. The molecule has 1 aromatic rings. The third-order valence-electron chi connectivity index (χ3n) is 2.45. The quantitative estimate of drug-likeness (QED) is 0.920. The number of carboxylic acids is 1. The summed E-state index contributed by atoms with van der Waals surface area (Å²) in [6.07, 6.45) is 0.00544. The van der Waals surface area contributed by atoms with Crippen molar-refractivity contribution in [3.63, 3.8) is 0 Å². The molecule has 0 aromatic heterocycles. The molecule has 0 aliphatic carbocycles. The molecule has 19 heavy (non-hydrogen) atoms. The molecular formula is C11H9ClFNO4S. The van der Waals surface area contributed by atoms with Crippen molar-refractivity contribution in [3.05, 3.63) is 28.5 Å². The lowest BCUT2D eigenvalue weighted by Crippen LogP contribution is -2.19. The van der Waals surface area contributed by atoms with Gasteiger partial charge in [0.25, 0.3) is 0 Å². The molecule has 0 saturated heterocycles. The molecule has 0 spiro atoms. The van der Waals surface area contributed by atoms with E-state index < -0.39 is 42.4 Å². The highest BCUT2D eigenvalue weighted by Crippen LogP contribution is 2.27. The number of halogens is 2. The first-order valence-corrected chi connectivity index (χ1v) is 7.04. The number of hydrogen-bond donors (Lipinski definition) is 1. The van der Waals surface area contributed by atoms with Crippen LogP contribution in [0, 0.1) is 17.1 Å². The number of aromatic carboxylic acids is 1. The zero-order valence-electron chi connectivity index (χ0n) is 9.72. The van der Waals surface area contributed by atoms with Gasteiger partial charge in [0, 0.05) is 0 Å². The van der Waals surface area contributed by atoms with E-state index in [-0.39, 0.29) is 6.42 Å². The van der Waals surface area contributed by atoms with E-state index in [1.54, 1.807) is 6.07 Å². The Balaban J connectivity index is 3.54. The van der Waals surface area contributed by atoms with Crippen LogP contribution in [0.1, 0.15) is 23.7 Å². The van der Waals surface area contributed by atoms with E-state index in [1.165, 1.54) is 6.92 Å². The van der Waals surface area contributed by atoms with Gasteiger partial charge >= 0.3 is 5.97 Å². The number of hydrogen-bond acceptors (Lipinski definition) is 4. The smallest absolute Gasteiger partial charge is 0.337 e. The molecule has 0 aliphatic rings. The minimum absolute atomic E-state index is 0.00544. The van der Waals surface area contributed by atoms with Crippen molar-refractivity contribution in [2.75, 3.05) is 0 Å². The summed E-state index contributed by atoms with van der Waals surface area (Å²) in [5.41, 5.74) is -0.659. The van der Waals surface area contributed by atoms with Crippen LogP contribution in [0.4, 0.5) is 4.39 Å². The van der Waals surface area contributed by atoms with Crippen LogP contribution >= 0.6 is 11.6 Å². The van der Waals surface area contributed by atoms with Crippen LogP contribution < -0.4 is 0 Å². The van der Waals surface area contributed by atoms with Gasteiger partial charge in [-0.15, -0.1) is 0 Å². The van der Waals surface area contributed by atoms with Crippen LogP contribution in [0.25, 0.3) is 0 Å². The molecule has 0 radical (unpaired) electrons. The fourth-order valence-corrected chi connectivity index (χ4v) is 3.07. The molecule has 0 aliphatic heterocycles. The topological polar surface area (TPSA) is 95.2 Å². The molecular weight excluding hydrogens is 297 g/mol. The number of sulfone groups is 1. The molecule has 102 valence electrons. The molecule has 0 saturated carbocycles. The molecule has 0 amide bonds.